The molecule has 0 N–H and O–H groups in total. The Hall–Kier alpha value is -2.64. The topological polar surface area (TPSA) is 50.1 Å². The van der Waals surface area contributed by atoms with E-state index in [0.29, 0.717) is 12.5 Å². The zero-order chi connectivity index (χ0) is 26.0. The fourth-order valence-electron chi connectivity index (χ4n) is 5.90. The predicted octanol–water partition coefficient (Wildman–Crippen LogP) is 6.09. The Bertz CT molecular complexity index is 1270. The molecule has 2 fully saturated rings. The van der Waals surface area contributed by atoms with Crippen LogP contribution in [-0.2, 0) is 11.9 Å². The maximum Gasteiger partial charge on any atom is 0.253 e. The number of aromatic nitrogens is 1. The van der Waals surface area contributed by atoms with E-state index in [1.54, 1.807) is 0 Å². The van der Waals surface area contributed by atoms with Crippen molar-refractivity contribution >= 4 is 38.5 Å². The number of carbonyl (C=O) groups is 1. The first-order valence-corrected chi connectivity index (χ1v) is 14.2. The van der Waals surface area contributed by atoms with Crippen LogP contribution >= 0.6 is 15.9 Å². The average Bonchev–Trinajstić information content (AvgIpc) is 3.30. The Labute approximate surface area is 228 Å². The summed E-state index contributed by atoms with van der Waals surface area (Å²) in [6.07, 6.45) is 6.18. The molecular weight excluding hydrogens is 528 g/mol. The summed E-state index contributed by atoms with van der Waals surface area (Å²) in [6.45, 7) is 8.62. The maximum atomic E-state index is 13.3. The van der Waals surface area contributed by atoms with Crippen LogP contribution in [-0.4, -0.2) is 64.3 Å². The molecule has 0 atom stereocenters. The number of nitrogens with zero attached hydrogens (tertiary/aromatic N) is 4. The minimum atomic E-state index is 0.124. The van der Waals surface area contributed by atoms with Crippen molar-refractivity contribution in [2.24, 2.45) is 18.1 Å². The summed E-state index contributed by atoms with van der Waals surface area (Å²) >= 11 is 3.53. The lowest BCUT2D eigenvalue weighted by Crippen LogP contribution is -2.56. The summed E-state index contributed by atoms with van der Waals surface area (Å²) in [7, 11) is 2.02. The average molecular weight is 566 g/mol. The first-order valence-electron chi connectivity index (χ1n) is 13.4. The molecule has 2 aromatic carbocycles. The van der Waals surface area contributed by atoms with Crippen molar-refractivity contribution in [3.8, 4) is 0 Å². The molecule has 7 heteroatoms. The number of amides is 1. The molecule has 37 heavy (non-hydrogen) atoms. The summed E-state index contributed by atoms with van der Waals surface area (Å²) in [5.74, 6) is 0.539. The van der Waals surface area contributed by atoms with Crippen molar-refractivity contribution in [2.45, 2.75) is 45.1 Å². The van der Waals surface area contributed by atoms with Crippen LogP contribution < -0.4 is 0 Å². The van der Waals surface area contributed by atoms with Gasteiger partial charge in [-0.3, -0.25) is 9.69 Å². The molecule has 2 aliphatic rings. The van der Waals surface area contributed by atoms with E-state index in [1.807, 2.05) is 37.2 Å². The van der Waals surface area contributed by atoms with E-state index >= 15 is 0 Å². The van der Waals surface area contributed by atoms with Gasteiger partial charge < -0.3 is 14.3 Å². The highest BCUT2D eigenvalue weighted by molar-refractivity contribution is 9.10. The van der Waals surface area contributed by atoms with Gasteiger partial charge in [0.2, 0.25) is 0 Å². The molecule has 5 rings (SSSR count). The van der Waals surface area contributed by atoms with E-state index in [1.165, 1.54) is 5.39 Å². The van der Waals surface area contributed by atoms with Crippen LogP contribution in [0.25, 0.3) is 10.9 Å². The molecule has 2 saturated heterocycles. The van der Waals surface area contributed by atoms with Gasteiger partial charge in [0.25, 0.3) is 5.91 Å². The first kappa shape index (κ1) is 26.0. The highest BCUT2D eigenvalue weighted by Gasteiger charge is 2.39. The van der Waals surface area contributed by atoms with Crippen molar-refractivity contribution in [1.82, 2.24) is 14.4 Å². The standard InChI is InChI=1S/C30H37BrN4O2/c1-4-37-32-28(23-7-9-26(31)10-8-23)24-12-17-35(18-13-24)30(2)14-19-34(20-15-30)29(36)25-6-5-22-11-16-33(3)27(22)21-25/h5-11,16,21,24H,4,12-15,17-20H2,1-3H3/b32-28-. The number of oxime groups is 1. The quantitative estimate of drug-likeness (QED) is 0.269. The number of halogens is 1. The number of benzene rings is 2. The van der Waals surface area contributed by atoms with Crippen LogP contribution in [0, 0.1) is 5.92 Å². The SMILES string of the molecule is CCO/N=C(/c1ccc(Br)cc1)C1CCN(C2(C)CCN(C(=O)c3ccc4ccn(C)c4c3)CC2)CC1. The fourth-order valence-corrected chi connectivity index (χ4v) is 6.16. The van der Waals surface area contributed by atoms with Crippen LogP contribution in [0.2, 0.25) is 0 Å². The second-order valence-corrected chi connectivity index (χ2v) is 11.6. The highest BCUT2D eigenvalue weighted by atomic mass is 79.9. The molecule has 1 aromatic heterocycles. The molecule has 0 unspecified atom stereocenters. The van der Waals surface area contributed by atoms with Gasteiger partial charge in [-0.1, -0.05) is 39.3 Å². The molecule has 0 spiro atoms. The minimum absolute atomic E-state index is 0.124. The van der Waals surface area contributed by atoms with Crippen molar-refractivity contribution in [1.29, 1.82) is 0 Å². The largest absolute Gasteiger partial charge is 0.396 e. The lowest BCUT2D eigenvalue weighted by Gasteiger charge is -2.49. The van der Waals surface area contributed by atoms with Gasteiger partial charge in [-0.15, -0.1) is 0 Å². The fraction of sp³-hybridized carbons (Fsp3) is 0.467. The normalized spacial score (nSPS) is 19.4. The molecule has 0 bridgehead atoms. The zero-order valence-electron chi connectivity index (χ0n) is 22.1. The Morgan fingerprint density at radius 3 is 2.38 bits per heavy atom. The monoisotopic (exact) mass is 564 g/mol. The number of hydrogen-bond donors (Lipinski definition) is 0. The van der Waals surface area contributed by atoms with Gasteiger partial charge in [0.05, 0.1) is 5.71 Å². The predicted molar refractivity (Wildman–Crippen MR) is 153 cm³/mol. The molecule has 3 heterocycles. The molecule has 6 nitrogen and oxygen atoms in total. The van der Waals surface area contributed by atoms with E-state index < -0.39 is 0 Å². The van der Waals surface area contributed by atoms with E-state index in [0.717, 1.165) is 78.7 Å². The smallest absolute Gasteiger partial charge is 0.253 e. The maximum absolute atomic E-state index is 13.3. The van der Waals surface area contributed by atoms with Gasteiger partial charge in [0.15, 0.2) is 0 Å². The van der Waals surface area contributed by atoms with Gasteiger partial charge in [-0.05, 0) is 93.9 Å². The summed E-state index contributed by atoms with van der Waals surface area (Å²) in [4.78, 5) is 23.5. The number of carbonyl (C=O) groups excluding carboxylic acids is 1. The Balaban J connectivity index is 1.20. The molecule has 3 aromatic rings. The van der Waals surface area contributed by atoms with E-state index in [9.17, 15) is 4.79 Å². The van der Waals surface area contributed by atoms with Crippen LogP contribution in [0.5, 0.6) is 0 Å². The van der Waals surface area contributed by atoms with Crippen molar-refractivity contribution in [3.63, 3.8) is 0 Å². The lowest BCUT2D eigenvalue weighted by atomic mass is 9.82. The summed E-state index contributed by atoms with van der Waals surface area (Å²) in [6, 6.07) is 16.5. The molecular formula is C30H37BrN4O2. The van der Waals surface area contributed by atoms with Crippen molar-refractivity contribution < 1.29 is 9.63 Å². The summed E-state index contributed by atoms with van der Waals surface area (Å²) in [5.41, 5.74) is 4.22. The summed E-state index contributed by atoms with van der Waals surface area (Å²) < 4.78 is 3.14. The second kappa shape index (κ2) is 11.0. The molecule has 0 saturated carbocycles. The molecule has 1 amide bonds. The van der Waals surface area contributed by atoms with Crippen LogP contribution in [0.15, 0.2) is 64.4 Å². The van der Waals surface area contributed by atoms with E-state index in [4.69, 9.17) is 4.84 Å². The number of aryl methyl sites for hydroxylation is 1. The zero-order valence-corrected chi connectivity index (χ0v) is 23.7. The first-order chi connectivity index (χ1) is 17.9. The molecule has 0 aliphatic carbocycles. The third-order valence-electron chi connectivity index (χ3n) is 8.34. The van der Waals surface area contributed by atoms with Crippen LogP contribution in [0.4, 0.5) is 0 Å². The third-order valence-corrected chi connectivity index (χ3v) is 8.87. The van der Waals surface area contributed by atoms with Crippen molar-refractivity contribution in [3.05, 3.63) is 70.3 Å². The van der Waals surface area contributed by atoms with Gasteiger partial charge >= 0.3 is 0 Å². The highest BCUT2D eigenvalue weighted by Crippen LogP contribution is 2.34. The van der Waals surface area contributed by atoms with Gasteiger partial charge in [0, 0.05) is 53.3 Å². The van der Waals surface area contributed by atoms with Crippen molar-refractivity contribution in [2.75, 3.05) is 32.8 Å². The van der Waals surface area contributed by atoms with Gasteiger partial charge in [-0.25, -0.2) is 0 Å². The van der Waals surface area contributed by atoms with Crippen LogP contribution in [0.1, 0.15) is 55.5 Å². The number of piperidine rings is 2. The molecule has 2 aliphatic heterocycles. The van der Waals surface area contributed by atoms with E-state index in [-0.39, 0.29) is 11.4 Å². The number of rotatable bonds is 6. The third kappa shape index (κ3) is 5.48. The Morgan fingerprint density at radius 1 is 1.03 bits per heavy atom. The molecule has 0 radical (unpaired) electrons. The minimum Gasteiger partial charge on any atom is -0.396 e. The van der Waals surface area contributed by atoms with Gasteiger partial charge in [-0.2, -0.15) is 0 Å². The Kier molecular flexibility index (Phi) is 7.72. The number of fused-ring (bicyclic) bond motifs is 1. The lowest BCUT2D eigenvalue weighted by molar-refractivity contribution is 0.0161. The Morgan fingerprint density at radius 2 is 1.70 bits per heavy atom. The van der Waals surface area contributed by atoms with Gasteiger partial charge in [0.1, 0.15) is 6.61 Å². The number of hydrogen-bond acceptors (Lipinski definition) is 4. The molecule has 196 valence electrons. The summed E-state index contributed by atoms with van der Waals surface area (Å²) in [5, 5.41) is 5.71. The second-order valence-electron chi connectivity index (χ2n) is 10.7. The van der Waals surface area contributed by atoms with Crippen LogP contribution in [0.3, 0.4) is 0 Å². The van der Waals surface area contributed by atoms with E-state index in [2.05, 4.69) is 73.9 Å². The number of likely N-dealkylation sites (tertiary alicyclic amines) is 2.